The monoisotopic (exact) mass is 281 g/mol. The van der Waals surface area contributed by atoms with Crippen molar-refractivity contribution in [1.82, 2.24) is 5.32 Å². The highest BCUT2D eigenvalue weighted by Gasteiger charge is 2.43. The van der Waals surface area contributed by atoms with Crippen LogP contribution in [0.4, 0.5) is 13.2 Å². The number of alkyl halides is 3. The van der Waals surface area contributed by atoms with E-state index in [2.05, 4.69) is 5.32 Å². The number of rotatable bonds is 4. The summed E-state index contributed by atoms with van der Waals surface area (Å²) >= 11 is 0. The Kier molecular flexibility index (Phi) is 4.74. The lowest BCUT2D eigenvalue weighted by molar-refractivity contribution is -0.139. The normalized spacial score (nSPS) is 33.8. The van der Waals surface area contributed by atoms with Crippen LogP contribution in [0.15, 0.2) is 0 Å². The van der Waals surface area contributed by atoms with Crippen molar-refractivity contribution in [1.29, 1.82) is 0 Å². The summed E-state index contributed by atoms with van der Waals surface area (Å²) in [6, 6.07) is -0.0944. The third kappa shape index (κ3) is 4.07. The van der Waals surface area contributed by atoms with Crippen molar-refractivity contribution in [3.05, 3.63) is 0 Å². The molecule has 2 saturated heterocycles. The first-order chi connectivity index (χ1) is 8.94. The zero-order valence-corrected chi connectivity index (χ0v) is 11.3. The van der Waals surface area contributed by atoms with E-state index in [-0.39, 0.29) is 24.0 Å². The Bertz CT molecular complexity index is 290. The highest BCUT2D eigenvalue weighted by Crippen LogP contribution is 2.38. The average Bonchev–Trinajstić information content (AvgIpc) is 2.77. The molecule has 0 saturated carbocycles. The Balaban J connectivity index is 1.90. The van der Waals surface area contributed by atoms with Crippen LogP contribution in [0.1, 0.15) is 32.1 Å². The average molecular weight is 281 g/mol. The van der Waals surface area contributed by atoms with Crippen LogP contribution in [0.3, 0.4) is 0 Å². The molecular weight excluding hydrogens is 259 g/mol. The molecular formula is C13H22F3NO2. The molecule has 0 aromatic rings. The molecule has 0 amide bonds. The Morgan fingerprint density at radius 3 is 2.74 bits per heavy atom. The van der Waals surface area contributed by atoms with Crippen LogP contribution >= 0.6 is 0 Å². The SMILES string of the molecule is CNC(CCC(F)(F)F)C1CCOC2(CCOC2)C1. The first-order valence-electron chi connectivity index (χ1n) is 6.90. The van der Waals surface area contributed by atoms with Gasteiger partial charge in [-0.3, -0.25) is 0 Å². The van der Waals surface area contributed by atoms with E-state index in [0.29, 0.717) is 19.8 Å². The zero-order chi connectivity index (χ0) is 13.9. The van der Waals surface area contributed by atoms with Crippen molar-refractivity contribution in [3.63, 3.8) is 0 Å². The van der Waals surface area contributed by atoms with Gasteiger partial charge in [0.15, 0.2) is 0 Å². The standard InChI is InChI=1S/C13H22F3NO2/c1-17-11(2-4-13(14,15)16)10-3-6-19-12(8-10)5-7-18-9-12/h10-11,17H,2-9H2,1H3. The van der Waals surface area contributed by atoms with Crippen molar-refractivity contribution in [2.24, 2.45) is 5.92 Å². The van der Waals surface area contributed by atoms with Crippen molar-refractivity contribution in [2.75, 3.05) is 26.9 Å². The van der Waals surface area contributed by atoms with Gasteiger partial charge in [-0.2, -0.15) is 13.2 Å². The van der Waals surface area contributed by atoms with Crippen LogP contribution in [0.25, 0.3) is 0 Å². The smallest absolute Gasteiger partial charge is 0.378 e. The van der Waals surface area contributed by atoms with Gasteiger partial charge in [0.1, 0.15) is 0 Å². The van der Waals surface area contributed by atoms with E-state index in [1.165, 1.54) is 0 Å². The second-order valence-electron chi connectivity index (χ2n) is 5.64. The fraction of sp³-hybridized carbons (Fsp3) is 1.00. The molecule has 3 atom stereocenters. The van der Waals surface area contributed by atoms with Crippen LogP contribution in [-0.4, -0.2) is 44.7 Å². The predicted molar refractivity (Wildman–Crippen MR) is 65.0 cm³/mol. The molecule has 0 aromatic heterocycles. The first kappa shape index (κ1) is 15.1. The molecule has 112 valence electrons. The van der Waals surface area contributed by atoms with Gasteiger partial charge in [-0.1, -0.05) is 0 Å². The molecule has 19 heavy (non-hydrogen) atoms. The van der Waals surface area contributed by atoms with E-state index in [4.69, 9.17) is 9.47 Å². The van der Waals surface area contributed by atoms with Crippen LogP contribution < -0.4 is 5.32 Å². The molecule has 2 rings (SSSR count). The van der Waals surface area contributed by atoms with E-state index in [1.807, 2.05) is 0 Å². The predicted octanol–water partition coefficient (Wildman–Crippen LogP) is 2.50. The molecule has 2 aliphatic heterocycles. The molecule has 0 bridgehead atoms. The topological polar surface area (TPSA) is 30.5 Å². The maximum Gasteiger partial charge on any atom is 0.389 e. The fourth-order valence-electron chi connectivity index (χ4n) is 3.21. The molecule has 3 unspecified atom stereocenters. The third-order valence-corrected chi connectivity index (χ3v) is 4.28. The lowest BCUT2D eigenvalue weighted by atomic mass is 9.80. The molecule has 0 radical (unpaired) electrons. The molecule has 2 fully saturated rings. The Morgan fingerprint density at radius 1 is 1.37 bits per heavy atom. The molecule has 1 spiro atoms. The second kappa shape index (κ2) is 5.97. The van der Waals surface area contributed by atoms with E-state index < -0.39 is 12.6 Å². The summed E-state index contributed by atoms with van der Waals surface area (Å²) in [6.07, 6.45) is -2.17. The summed E-state index contributed by atoms with van der Waals surface area (Å²) in [5, 5.41) is 3.05. The van der Waals surface area contributed by atoms with Gasteiger partial charge >= 0.3 is 6.18 Å². The van der Waals surface area contributed by atoms with E-state index in [0.717, 1.165) is 19.3 Å². The maximum atomic E-state index is 12.3. The van der Waals surface area contributed by atoms with Gasteiger partial charge in [-0.05, 0) is 32.2 Å². The third-order valence-electron chi connectivity index (χ3n) is 4.28. The number of nitrogens with one attached hydrogen (secondary N) is 1. The number of halogens is 3. The van der Waals surface area contributed by atoms with Gasteiger partial charge in [0.2, 0.25) is 0 Å². The molecule has 1 N–H and O–H groups in total. The Labute approximate surface area is 111 Å². The first-order valence-corrected chi connectivity index (χ1v) is 6.90. The maximum absolute atomic E-state index is 12.3. The minimum atomic E-state index is -4.07. The second-order valence-corrected chi connectivity index (χ2v) is 5.64. The van der Waals surface area contributed by atoms with Gasteiger partial charge < -0.3 is 14.8 Å². The van der Waals surface area contributed by atoms with Gasteiger partial charge in [-0.15, -0.1) is 0 Å². The van der Waals surface area contributed by atoms with Gasteiger partial charge in [0, 0.05) is 32.1 Å². The van der Waals surface area contributed by atoms with Gasteiger partial charge in [0.25, 0.3) is 0 Å². The van der Waals surface area contributed by atoms with Crippen molar-refractivity contribution in [3.8, 4) is 0 Å². The minimum Gasteiger partial charge on any atom is -0.378 e. The lowest BCUT2D eigenvalue weighted by Gasteiger charge is -2.40. The molecule has 6 heteroatoms. The summed E-state index contributed by atoms with van der Waals surface area (Å²) < 4.78 is 48.2. The van der Waals surface area contributed by atoms with Gasteiger partial charge in [-0.25, -0.2) is 0 Å². The molecule has 2 heterocycles. The summed E-state index contributed by atoms with van der Waals surface area (Å²) in [5.74, 6) is 0.239. The van der Waals surface area contributed by atoms with E-state index in [1.54, 1.807) is 7.05 Å². The van der Waals surface area contributed by atoms with Crippen LogP contribution in [0.5, 0.6) is 0 Å². The summed E-state index contributed by atoms with van der Waals surface area (Å²) in [5.41, 5.74) is -0.240. The summed E-state index contributed by atoms with van der Waals surface area (Å²) in [4.78, 5) is 0. The molecule has 2 aliphatic rings. The van der Waals surface area contributed by atoms with Crippen LogP contribution in [-0.2, 0) is 9.47 Å². The molecule has 0 aliphatic carbocycles. The Hall–Kier alpha value is -0.330. The summed E-state index contributed by atoms with van der Waals surface area (Å²) in [6.45, 7) is 1.90. The number of ether oxygens (including phenoxy) is 2. The minimum absolute atomic E-state index is 0.0944. The van der Waals surface area contributed by atoms with E-state index >= 15 is 0 Å². The van der Waals surface area contributed by atoms with Crippen molar-refractivity contribution < 1.29 is 22.6 Å². The highest BCUT2D eigenvalue weighted by atomic mass is 19.4. The molecule has 0 aromatic carbocycles. The van der Waals surface area contributed by atoms with Crippen LogP contribution in [0.2, 0.25) is 0 Å². The Morgan fingerprint density at radius 2 is 2.16 bits per heavy atom. The quantitative estimate of drug-likeness (QED) is 0.859. The largest absolute Gasteiger partial charge is 0.389 e. The summed E-state index contributed by atoms with van der Waals surface area (Å²) in [7, 11) is 1.74. The van der Waals surface area contributed by atoms with E-state index in [9.17, 15) is 13.2 Å². The highest BCUT2D eigenvalue weighted by molar-refractivity contribution is 4.93. The zero-order valence-electron chi connectivity index (χ0n) is 11.3. The van der Waals surface area contributed by atoms with Crippen molar-refractivity contribution in [2.45, 2.75) is 49.9 Å². The van der Waals surface area contributed by atoms with Crippen LogP contribution in [0, 0.1) is 5.92 Å². The van der Waals surface area contributed by atoms with Gasteiger partial charge in [0.05, 0.1) is 12.2 Å². The molecule has 3 nitrogen and oxygen atoms in total. The lowest BCUT2D eigenvalue weighted by Crippen LogP contribution is -2.46. The number of hydrogen-bond acceptors (Lipinski definition) is 3. The van der Waals surface area contributed by atoms with Crippen molar-refractivity contribution >= 4 is 0 Å². The fourth-order valence-corrected chi connectivity index (χ4v) is 3.21. The number of hydrogen-bond donors (Lipinski definition) is 1.